The van der Waals surface area contributed by atoms with Crippen molar-refractivity contribution < 1.29 is 9.47 Å². The van der Waals surface area contributed by atoms with Crippen molar-refractivity contribution in [3.8, 4) is 11.5 Å². The van der Waals surface area contributed by atoms with Crippen LogP contribution in [-0.4, -0.2) is 0 Å². The Hall–Kier alpha value is -3.52. The lowest BCUT2D eigenvalue weighted by molar-refractivity contribution is 0.304. The number of benzene rings is 4. The maximum absolute atomic E-state index is 6.07. The summed E-state index contributed by atoms with van der Waals surface area (Å²) in [5.74, 6) is 1.79. The van der Waals surface area contributed by atoms with Gasteiger partial charge in [-0.1, -0.05) is 91.0 Å². The lowest BCUT2D eigenvalue weighted by Crippen LogP contribution is -1.99. The molecule has 149 valence electrons. The molecule has 0 atom stereocenters. The minimum Gasteiger partial charge on any atom is -0.489 e. The zero-order chi connectivity index (χ0) is 20.4. The van der Waals surface area contributed by atoms with E-state index in [4.69, 9.17) is 9.47 Å². The molecule has 0 saturated carbocycles. The van der Waals surface area contributed by atoms with Gasteiger partial charge >= 0.3 is 0 Å². The van der Waals surface area contributed by atoms with E-state index in [2.05, 4.69) is 48.9 Å². The molecule has 0 N–H and O–H groups in total. The predicted molar refractivity (Wildman–Crippen MR) is 122 cm³/mol. The zero-order valence-electron chi connectivity index (χ0n) is 16.9. The van der Waals surface area contributed by atoms with E-state index in [9.17, 15) is 0 Å². The molecule has 30 heavy (non-hydrogen) atoms. The molecule has 2 heteroatoms. The van der Waals surface area contributed by atoms with Gasteiger partial charge in [-0.3, -0.25) is 0 Å². The summed E-state index contributed by atoms with van der Waals surface area (Å²) >= 11 is 0. The van der Waals surface area contributed by atoms with E-state index in [1.807, 2.05) is 66.7 Å². The summed E-state index contributed by atoms with van der Waals surface area (Å²) in [6.07, 6.45) is 3.02. The molecule has 0 spiro atoms. The molecule has 0 heterocycles. The van der Waals surface area contributed by atoms with Gasteiger partial charge in [0.25, 0.3) is 0 Å². The van der Waals surface area contributed by atoms with Crippen molar-refractivity contribution in [1.82, 2.24) is 0 Å². The van der Waals surface area contributed by atoms with E-state index in [0.29, 0.717) is 13.2 Å². The molecule has 0 saturated heterocycles. The average molecular weight is 394 g/mol. The highest BCUT2D eigenvalue weighted by molar-refractivity contribution is 5.41. The Bertz CT molecular complexity index is 1040. The van der Waals surface area contributed by atoms with Crippen molar-refractivity contribution in [1.29, 1.82) is 0 Å². The van der Waals surface area contributed by atoms with Crippen LogP contribution >= 0.6 is 0 Å². The lowest BCUT2D eigenvalue weighted by atomic mass is 10.0. The van der Waals surface area contributed by atoms with Crippen molar-refractivity contribution >= 4 is 0 Å². The molecule has 0 fully saturated rings. The first kappa shape index (κ1) is 19.8. The first-order valence-corrected chi connectivity index (χ1v) is 10.2. The van der Waals surface area contributed by atoms with Crippen molar-refractivity contribution in [2.45, 2.75) is 19.6 Å². The Labute approximate surface area is 178 Å². The van der Waals surface area contributed by atoms with Gasteiger partial charge in [0.15, 0.2) is 0 Å². The predicted octanol–water partition coefficient (Wildman–Crippen LogP) is 6.64. The van der Waals surface area contributed by atoms with Crippen molar-refractivity contribution in [2.24, 2.45) is 0 Å². The van der Waals surface area contributed by atoms with Crippen LogP contribution in [0.4, 0.5) is 0 Å². The van der Waals surface area contributed by atoms with E-state index in [-0.39, 0.29) is 0 Å². The number of rotatable bonds is 9. The minimum absolute atomic E-state index is 0.564. The highest BCUT2D eigenvalue weighted by atomic mass is 16.5. The number of hydrogen-bond acceptors (Lipinski definition) is 2. The zero-order valence-corrected chi connectivity index (χ0v) is 16.9. The standard InChI is InChI=1S/C28H25O2/c1-3-10-24(11-4-1)21-29-27-16-9-14-23(20-27)18-19-26-15-7-8-17-28(26)30-22-25-12-5-2-6-13-25/h1-17,19-20H,18,21-22H2. The Morgan fingerprint density at radius 2 is 1.13 bits per heavy atom. The molecule has 0 aliphatic rings. The molecule has 0 bridgehead atoms. The molecule has 0 amide bonds. The molecule has 2 nitrogen and oxygen atoms in total. The highest BCUT2D eigenvalue weighted by Gasteiger charge is 2.06. The summed E-state index contributed by atoms with van der Waals surface area (Å²) in [6, 6.07) is 36.9. The Morgan fingerprint density at radius 1 is 0.533 bits per heavy atom. The van der Waals surface area contributed by atoms with Crippen LogP contribution in [0.2, 0.25) is 0 Å². The van der Waals surface area contributed by atoms with Gasteiger partial charge in [0.2, 0.25) is 0 Å². The summed E-state index contributed by atoms with van der Waals surface area (Å²) in [6.45, 7) is 1.14. The van der Waals surface area contributed by atoms with E-state index in [1.165, 1.54) is 11.1 Å². The average Bonchev–Trinajstić information content (AvgIpc) is 2.82. The van der Waals surface area contributed by atoms with Crippen molar-refractivity contribution in [2.75, 3.05) is 0 Å². The van der Waals surface area contributed by atoms with Crippen LogP contribution in [0.25, 0.3) is 0 Å². The summed E-state index contributed by atoms with van der Waals surface area (Å²) < 4.78 is 12.0. The first-order valence-electron chi connectivity index (χ1n) is 10.2. The van der Waals surface area contributed by atoms with Crippen LogP contribution in [0, 0.1) is 6.42 Å². The second-order valence-electron chi connectivity index (χ2n) is 7.14. The smallest absolute Gasteiger partial charge is 0.123 e. The van der Waals surface area contributed by atoms with Crippen LogP contribution in [0.1, 0.15) is 22.3 Å². The van der Waals surface area contributed by atoms with E-state index in [1.54, 1.807) is 0 Å². The molecule has 1 radical (unpaired) electrons. The van der Waals surface area contributed by atoms with Gasteiger partial charge in [0.1, 0.15) is 24.7 Å². The van der Waals surface area contributed by atoms with Crippen LogP contribution in [0.3, 0.4) is 0 Å². The molecular formula is C28H25O2. The highest BCUT2D eigenvalue weighted by Crippen LogP contribution is 2.24. The maximum Gasteiger partial charge on any atom is 0.123 e. The summed E-state index contributed by atoms with van der Waals surface area (Å²) in [5, 5.41) is 0. The van der Waals surface area contributed by atoms with Gasteiger partial charge in [0, 0.05) is 0 Å². The fourth-order valence-electron chi connectivity index (χ4n) is 3.25. The molecular weight excluding hydrogens is 368 g/mol. The quantitative estimate of drug-likeness (QED) is 0.317. The number of ether oxygens (including phenoxy) is 2. The van der Waals surface area contributed by atoms with Crippen molar-refractivity contribution in [3.05, 3.63) is 138 Å². The Balaban J connectivity index is 1.35. The summed E-state index contributed by atoms with van der Waals surface area (Å²) in [4.78, 5) is 0. The number of hydrogen-bond donors (Lipinski definition) is 0. The fraction of sp³-hybridized carbons (Fsp3) is 0.107. The Kier molecular flexibility index (Phi) is 6.80. The van der Waals surface area contributed by atoms with Gasteiger partial charge in [-0.05, 0) is 53.3 Å². The summed E-state index contributed by atoms with van der Waals surface area (Å²) in [7, 11) is 0. The van der Waals surface area contributed by atoms with Crippen molar-refractivity contribution in [3.63, 3.8) is 0 Å². The molecule has 4 aromatic rings. The van der Waals surface area contributed by atoms with Gasteiger partial charge in [-0.25, -0.2) is 0 Å². The molecule has 0 unspecified atom stereocenters. The van der Waals surface area contributed by atoms with Crippen LogP contribution in [0.15, 0.2) is 109 Å². The molecule has 4 aromatic carbocycles. The molecule has 0 aliphatic carbocycles. The minimum atomic E-state index is 0.564. The lowest BCUT2D eigenvalue weighted by Gasteiger charge is -2.12. The van der Waals surface area contributed by atoms with Crippen LogP contribution in [-0.2, 0) is 19.6 Å². The monoisotopic (exact) mass is 393 g/mol. The van der Waals surface area contributed by atoms with Gasteiger partial charge in [-0.15, -0.1) is 0 Å². The fourth-order valence-corrected chi connectivity index (χ4v) is 3.25. The third-order valence-corrected chi connectivity index (χ3v) is 4.86. The van der Waals surface area contributed by atoms with Gasteiger partial charge in [0.05, 0.1) is 0 Å². The molecule has 0 aromatic heterocycles. The third kappa shape index (κ3) is 5.74. The van der Waals surface area contributed by atoms with Gasteiger partial charge in [-0.2, -0.15) is 0 Å². The van der Waals surface area contributed by atoms with Crippen LogP contribution in [0.5, 0.6) is 11.5 Å². The normalized spacial score (nSPS) is 10.5. The van der Waals surface area contributed by atoms with E-state index < -0.39 is 0 Å². The second-order valence-corrected chi connectivity index (χ2v) is 7.14. The summed E-state index contributed by atoms with van der Waals surface area (Å²) in [5.41, 5.74) is 4.64. The first-order chi connectivity index (χ1) is 14.9. The third-order valence-electron chi connectivity index (χ3n) is 4.86. The maximum atomic E-state index is 6.07. The molecule has 0 aliphatic heterocycles. The SMILES string of the molecule is [CH](Cc1cccc(OCc2ccccc2)c1)c1ccccc1OCc1ccccc1. The Morgan fingerprint density at radius 3 is 1.87 bits per heavy atom. The molecule has 4 rings (SSSR count). The topological polar surface area (TPSA) is 18.5 Å². The number of para-hydroxylation sites is 1. The van der Waals surface area contributed by atoms with Gasteiger partial charge < -0.3 is 9.47 Å². The van der Waals surface area contributed by atoms with E-state index >= 15 is 0 Å². The van der Waals surface area contributed by atoms with E-state index in [0.717, 1.165) is 29.0 Å². The second kappa shape index (κ2) is 10.3. The largest absolute Gasteiger partial charge is 0.489 e. The van der Waals surface area contributed by atoms with Crippen LogP contribution < -0.4 is 9.47 Å².